The molecule has 1 aromatic heterocycles. The highest BCUT2D eigenvalue weighted by Crippen LogP contribution is 2.38. The lowest BCUT2D eigenvalue weighted by Gasteiger charge is -2.24. The van der Waals surface area contributed by atoms with E-state index in [1.54, 1.807) is 6.20 Å². The molecule has 0 aromatic carbocycles. The van der Waals surface area contributed by atoms with Gasteiger partial charge in [-0.3, -0.25) is 9.88 Å². The summed E-state index contributed by atoms with van der Waals surface area (Å²) in [6.07, 6.45) is 4.68. The molecule has 6 nitrogen and oxygen atoms in total. The third-order valence-corrected chi connectivity index (χ3v) is 3.68. The molecule has 116 valence electrons. The topological polar surface area (TPSA) is 90.7 Å². The highest BCUT2D eigenvalue weighted by atomic mass is 19.1. The van der Waals surface area contributed by atoms with Gasteiger partial charge in [-0.2, -0.15) is 0 Å². The van der Waals surface area contributed by atoms with Crippen LogP contribution in [0.2, 0.25) is 0 Å². The number of rotatable bonds is 2. The maximum atomic E-state index is 12.8. The molecule has 0 radical (unpaired) electrons. The van der Waals surface area contributed by atoms with Gasteiger partial charge in [-0.1, -0.05) is 13.0 Å². The fourth-order valence-corrected chi connectivity index (χ4v) is 2.51. The molecular formula is C14H19FN2O4. The van der Waals surface area contributed by atoms with Crippen LogP contribution in [0, 0.1) is 5.92 Å². The van der Waals surface area contributed by atoms with Crippen LogP contribution in [0.15, 0.2) is 24.5 Å². The lowest BCUT2D eigenvalue weighted by molar-refractivity contribution is -0.159. The van der Waals surface area contributed by atoms with E-state index in [9.17, 15) is 4.39 Å². The van der Waals surface area contributed by atoms with Crippen molar-refractivity contribution in [3.05, 3.63) is 30.1 Å². The van der Waals surface area contributed by atoms with Gasteiger partial charge >= 0.3 is 11.9 Å². The molecule has 0 amide bonds. The maximum Gasteiger partial charge on any atom is 0.414 e. The normalized spacial score (nSPS) is 25.0. The van der Waals surface area contributed by atoms with Crippen LogP contribution in [-0.4, -0.2) is 51.8 Å². The van der Waals surface area contributed by atoms with Crippen LogP contribution < -0.4 is 0 Å². The van der Waals surface area contributed by atoms with E-state index in [1.165, 1.54) is 5.56 Å². The Labute approximate surface area is 122 Å². The molecule has 0 aliphatic carbocycles. The lowest BCUT2D eigenvalue weighted by Crippen LogP contribution is -2.31. The number of likely N-dealkylation sites (tertiary alicyclic amines) is 1. The van der Waals surface area contributed by atoms with Crippen molar-refractivity contribution in [1.82, 2.24) is 9.88 Å². The molecular weight excluding hydrogens is 279 g/mol. The molecule has 2 unspecified atom stereocenters. The third kappa shape index (κ3) is 4.49. The molecule has 1 aromatic rings. The van der Waals surface area contributed by atoms with Crippen molar-refractivity contribution in [1.29, 1.82) is 0 Å². The summed E-state index contributed by atoms with van der Waals surface area (Å²) in [6, 6.07) is 4.41. The molecule has 3 atom stereocenters. The predicted molar refractivity (Wildman–Crippen MR) is 73.6 cm³/mol. The van der Waals surface area contributed by atoms with E-state index >= 15 is 0 Å². The van der Waals surface area contributed by atoms with Crippen LogP contribution in [-0.2, 0) is 9.59 Å². The Morgan fingerprint density at radius 1 is 1.43 bits per heavy atom. The van der Waals surface area contributed by atoms with Gasteiger partial charge in [0.1, 0.15) is 6.67 Å². The molecule has 0 spiro atoms. The van der Waals surface area contributed by atoms with Crippen LogP contribution in [0.5, 0.6) is 0 Å². The zero-order valence-electron chi connectivity index (χ0n) is 11.9. The first-order valence-corrected chi connectivity index (χ1v) is 6.52. The number of carboxylic acids is 2. The average molecular weight is 298 g/mol. The van der Waals surface area contributed by atoms with E-state index in [-0.39, 0.29) is 12.7 Å². The van der Waals surface area contributed by atoms with E-state index in [1.807, 2.05) is 19.3 Å². The largest absolute Gasteiger partial charge is 0.473 e. The minimum absolute atomic E-state index is 0.0650. The van der Waals surface area contributed by atoms with Crippen LogP contribution in [0.4, 0.5) is 4.39 Å². The van der Waals surface area contributed by atoms with E-state index in [0.29, 0.717) is 12.0 Å². The summed E-state index contributed by atoms with van der Waals surface area (Å²) < 4.78 is 12.8. The number of hydrogen-bond acceptors (Lipinski definition) is 4. The minimum Gasteiger partial charge on any atom is -0.473 e. The van der Waals surface area contributed by atoms with Crippen LogP contribution in [0.25, 0.3) is 0 Å². The molecule has 2 rings (SSSR count). The van der Waals surface area contributed by atoms with E-state index in [4.69, 9.17) is 19.8 Å². The second-order valence-electron chi connectivity index (χ2n) is 5.01. The zero-order chi connectivity index (χ0) is 16.0. The quantitative estimate of drug-likeness (QED) is 0.806. The number of carbonyl (C=O) groups is 2. The van der Waals surface area contributed by atoms with Gasteiger partial charge < -0.3 is 10.2 Å². The first-order valence-electron chi connectivity index (χ1n) is 6.52. The Morgan fingerprint density at radius 2 is 2.05 bits per heavy atom. The summed E-state index contributed by atoms with van der Waals surface area (Å²) >= 11 is 0. The van der Waals surface area contributed by atoms with Crippen molar-refractivity contribution >= 4 is 11.9 Å². The number of alkyl halides is 1. The van der Waals surface area contributed by atoms with Gasteiger partial charge in [0, 0.05) is 24.5 Å². The number of aliphatic carboxylic acids is 2. The fourth-order valence-electron chi connectivity index (χ4n) is 2.51. The molecule has 0 saturated carbocycles. The zero-order valence-corrected chi connectivity index (χ0v) is 11.9. The van der Waals surface area contributed by atoms with E-state index in [2.05, 4.69) is 22.9 Å². The Bertz CT molecular complexity index is 471. The first kappa shape index (κ1) is 17.0. The molecule has 1 saturated heterocycles. The van der Waals surface area contributed by atoms with Crippen molar-refractivity contribution in [2.45, 2.75) is 25.4 Å². The van der Waals surface area contributed by atoms with Gasteiger partial charge in [-0.15, -0.1) is 0 Å². The Kier molecular flexibility index (Phi) is 6.23. The molecule has 1 aliphatic rings. The van der Waals surface area contributed by atoms with Crippen molar-refractivity contribution < 1.29 is 24.2 Å². The first-order chi connectivity index (χ1) is 9.88. The van der Waals surface area contributed by atoms with Crippen molar-refractivity contribution in [2.24, 2.45) is 5.92 Å². The molecule has 7 heteroatoms. The summed E-state index contributed by atoms with van der Waals surface area (Å²) in [5.74, 6) is -3.23. The molecule has 2 heterocycles. The lowest BCUT2D eigenvalue weighted by atomic mass is 10.00. The predicted octanol–water partition coefficient (Wildman–Crippen LogP) is 1.59. The van der Waals surface area contributed by atoms with Gasteiger partial charge in [0.05, 0.1) is 0 Å². The highest BCUT2D eigenvalue weighted by Gasteiger charge is 2.36. The van der Waals surface area contributed by atoms with Gasteiger partial charge in [0.2, 0.25) is 0 Å². The molecule has 0 bridgehead atoms. The summed E-state index contributed by atoms with van der Waals surface area (Å²) in [5.41, 5.74) is 1.20. The Hall–Kier alpha value is -2.02. The van der Waals surface area contributed by atoms with Gasteiger partial charge in [-0.25, -0.2) is 14.0 Å². The monoisotopic (exact) mass is 298 g/mol. The van der Waals surface area contributed by atoms with E-state index < -0.39 is 11.9 Å². The third-order valence-electron chi connectivity index (χ3n) is 3.68. The minimum atomic E-state index is -1.82. The SMILES string of the molecule is CC1C[C@@H](c2cccnc2)N(C)C1CF.O=C(O)C(=O)O. The molecule has 1 fully saturated rings. The summed E-state index contributed by atoms with van der Waals surface area (Å²) in [7, 11) is 2.01. The van der Waals surface area contributed by atoms with E-state index in [0.717, 1.165) is 6.42 Å². The summed E-state index contributed by atoms with van der Waals surface area (Å²) in [4.78, 5) is 24.5. The van der Waals surface area contributed by atoms with Crippen molar-refractivity contribution in [3.8, 4) is 0 Å². The van der Waals surface area contributed by atoms with Crippen molar-refractivity contribution in [2.75, 3.05) is 13.7 Å². The standard InChI is InChI=1S/C12H17FN2.C2H2O4/c1-9-6-11(15(2)12(9)7-13)10-4-3-5-14-8-10;3-1(4)2(5)6/h3-5,8-9,11-12H,6-7H2,1-2H3;(H,3,4)(H,5,6)/t9?,11-,12?;/m0./s1. The Morgan fingerprint density at radius 3 is 2.43 bits per heavy atom. The Balaban J connectivity index is 0.000000315. The molecule has 1 aliphatic heterocycles. The van der Waals surface area contributed by atoms with Gasteiger partial charge in [0.25, 0.3) is 0 Å². The number of aromatic nitrogens is 1. The summed E-state index contributed by atoms with van der Waals surface area (Å²) in [6.45, 7) is 1.87. The maximum absolute atomic E-state index is 12.8. The van der Waals surface area contributed by atoms with Crippen LogP contribution in [0.3, 0.4) is 0 Å². The fraction of sp³-hybridized carbons (Fsp3) is 0.500. The van der Waals surface area contributed by atoms with Gasteiger partial charge in [-0.05, 0) is 31.0 Å². The van der Waals surface area contributed by atoms with Crippen LogP contribution >= 0.6 is 0 Å². The highest BCUT2D eigenvalue weighted by molar-refractivity contribution is 6.27. The second-order valence-corrected chi connectivity index (χ2v) is 5.01. The number of hydrogen-bond donors (Lipinski definition) is 2. The second kappa shape index (κ2) is 7.68. The van der Waals surface area contributed by atoms with Crippen molar-refractivity contribution in [3.63, 3.8) is 0 Å². The number of pyridine rings is 1. The molecule has 2 N–H and O–H groups in total. The molecule has 21 heavy (non-hydrogen) atoms. The summed E-state index contributed by atoms with van der Waals surface area (Å²) in [5, 5.41) is 14.8. The van der Waals surface area contributed by atoms with Gasteiger partial charge in [0.15, 0.2) is 0 Å². The number of halogens is 1. The number of carboxylic acid groups (broad SMARTS) is 2. The smallest absolute Gasteiger partial charge is 0.414 e. The van der Waals surface area contributed by atoms with Crippen LogP contribution in [0.1, 0.15) is 24.9 Å². The average Bonchev–Trinajstić information content (AvgIpc) is 2.75. The number of nitrogens with zero attached hydrogens (tertiary/aromatic N) is 2.